The molecular formula is C10H18ClNO. The fourth-order valence-corrected chi connectivity index (χ4v) is 0.814. The molecule has 0 aliphatic heterocycles. The smallest absolute Gasteiger partial charge is 0.0591 e. The molecule has 0 rings (SSSR count). The number of ether oxygens (including phenoxy) is 1. The van der Waals surface area contributed by atoms with Crippen LogP contribution in [0, 0.1) is 0 Å². The van der Waals surface area contributed by atoms with Crippen molar-refractivity contribution >= 4 is 11.6 Å². The lowest BCUT2D eigenvalue weighted by Crippen LogP contribution is -2.21. The van der Waals surface area contributed by atoms with Crippen molar-refractivity contribution < 1.29 is 4.74 Å². The normalized spacial score (nSPS) is 11.7. The zero-order valence-electron chi connectivity index (χ0n) is 8.18. The molecule has 0 saturated heterocycles. The van der Waals surface area contributed by atoms with Gasteiger partial charge < -0.3 is 10.1 Å². The molecule has 0 aromatic heterocycles. The van der Waals surface area contributed by atoms with E-state index in [0.717, 1.165) is 38.3 Å². The Balaban J connectivity index is 3.04. The lowest BCUT2D eigenvalue weighted by atomic mass is 10.3. The molecule has 0 bridgehead atoms. The Labute approximate surface area is 85.6 Å². The SMILES string of the molecule is C=CCCOCCNC/C(C)=C\Cl. The predicted molar refractivity (Wildman–Crippen MR) is 58.1 cm³/mol. The van der Waals surface area contributed by atoms with Crippen LogP contribution in [0.4, 0.5) is 0 Å². The molecule has 0 unspecified atom stereocenters. The van der Waals surface area contributed by atoms with Crippen molar-refractivity contribution in [2.75, 3.05) is 26.3 Å². The summed E-state index contributed by atoms with van der Waals surface area (Å²) in [4.78, 5) is 0. The van der Waals surface area contributed by atoms with Crippen molar-refractivity contribution in [3.63, 3.8) is 0 Å². The van der Waals surface area contributed by atoms with Gasteiger partial charge in [-0.3, -0.25) is 0 Å². The van der Waals surface area contributed by atoms with Crippen LogP contribution < -0.4 is 5.32 Å². The largest absolute Gasteiger partial charge is 0.380 e. The van der Waals surface area contributed by atoms with E-state index in [1.54, 1.807) is 5.54 Å². The van der Waals surface area contributed by atoms with E-state index < -0.39 is 0 Å². The number of halogens is 1. The molecule has 0 heterocycles. The van der Waals surface area contributed by atoms with Crippen molar-refractivity contribution in [3.8, 4) is 0 Å². The summed E-state index contributed by atoms with van der Waals surface area (Å²) in [6.45, 7) is 8.78. The minimum absolute atomic E-state index is 0.739. The van der Waals surface area contributed by atoms with Gasteiger partial charge in [0.1, 0.15) is 0 Å². The van der Waals surface area contributed by atoms with Gasteiger partial charge in [-0.25, -0.2) is 0 Å². The highest BCUT2D eigenvalue weighted by Gasteiger charge is 1.89. The van der Waals surface area contributed by atoms with E-state index in [1.165, 1.54) is 0 Å². The molecule has 0 amide bonds. The third-order valence-corrected chi connectivity index (χ3v) is 1.85. The van der Waals surface area contributed by atoms with Gasteiger partial charge >= 0.3 is 0 Å². The van der Waals surface area contributed by atoms with Crippen LogP contribution in [0.2, 0.25) is 0 Å². The summed E-state index contributed by atoms with van der Waals surface area (Å²) < 4.78 is 5.30. The molecule has 0 fully saturated rings. The van der Waals surface area contributed by atoms with Crippen molar-refractivity contribution in [2.45, 2.75) is 13.3 Å². The van der Waals surface area contributed by atoms with E-state index in [9.17, 15) is 0 Å². The molecule has 76 valence electrons. The molecule has 0 aromatic carbocycles. The Bertz CT molecular complexity index is 157. The molecule has 0 atom stereocenters. The van der Waals surface area contributed by atoms with Crippen LogP contribution in [0.15, 0.2) is 23.8 Å². The van der Waals surface area contributed by atoms with Crippen LogP contribution >= 0.6 is 11.6 Å². The van der Waals surface area contributed by atoms with Crippen LogP contribution in [0.5, 0.6) is 0 Å². The Hall–Kier alpha value is -0.310. The minimum Gasteiger partial charge on any atom is -0.380 e. The van der Waals surface area contributed by atoms with Crippen LogP contribution in [-0.2, 0) is 4.74 Å². The molecule has 3 heteroatoms. The van der Waals surface area contributed by atoms with E-state index in [1.807, 2.05) is 13.0 Å². The number of rotatable bonds is 8. The maximum atomic E-state index is 5.49. The molecule has 13 heavy (non-hydrogen) atoms. The quantitative estimate of drug-likeness (QED) is 0.483. The molecular weight excluding hydrogens is 186 g/mol. The maximum absolute atomic E-state index is 5.49. The van der Waals surface area contributed by atoms with E-state index in [0.29, 0.717) is 0 Å². The summed E-state index contributed by atoms with van der Waals surface area (Å²) >= 11 is 5.49. The van der Waals surface area contributed by atoms with Gasteiger partial charge in [-0.15, -0.1) is 6.58 Å². The van der Waals surface area contributed by atoms with Gasteiger partial charge in [0.25, 0.3) is 0 Å². The predicted octanol–water partition coefficient (Wildman–Crippen LogP) is 2.31. The second-order valence-electron chi connectivity index (χ2n) is 2.82. The van der Waals surface area contributed by atoms with E-state index in [2.05, 4.69) is 11.9 Å². The first kappa shape index (κ1) is 12.7. The average molecular weight is 204 g/mol. The summed E-state index contributed by atoms with van der Waals surface area (Å²) in [5.74, 6) is 0. The van der Waals surface area contributed by atoms with Gasteiger partial charge in [-0.2, -0.15) is 0 Å². The van der Waals surface area contributed by atoms with Gasteiger partial charge in [-0.1, -0.05) is 17.7 Å². The Kier molecular flexibility index (Phi) is 9.54. The highest BCUT2D eigenvalue weighted by molar-refractivity contribution is 6.25. The van der Waals surface area contributed by atoms with Gasteiger partial charge in [0.15, 0.2) is 0 Å². The summed E-state index contributed by atoms with van der Waals surface area (Å²) in [6, 6.07) is 0. The molecule has 0 saturated carbocycles. The second kappa shape index (κ2) is 9.78. The van der Waals surface area contributed by atoms with Gasteiger partial charge in [0.2, 0.25) is 0 Å². The van der Waals surface area contributed by atoms with E-state index in [4.69, 9.17) is 16.3 Å². The maximum Gasteiger partial charge on any atom is 0.0591 e. The van der Waals surface area contributed by atoms with Crippen molar-refractivity contribution in [3.05, 3.63) is 23.8 Å². The molecule has 0 radical (unpaired) electrons. The van der Waals surface area contributed by atoms with Crippen LogP contribution in [-0.4, -0.2) is 26.3 Å². The summed E-state index contributed by atoms with van der Waals surface area (Å²) in [6.07, 6.45) is 2.77. The first-order chi connectivity index (χ1) is 6.31. The molecule has 0 aromatic rings. The van der Waals surface area contributed by atoms with Crippen LogP contribution in [0.3, 0.4) is 0 Å². The van der Waals surface area contributed by atoms with Gasteiger partial charge in [0.05, 0.1) is 13.2 Å². The zero-order valence-corrected chi connectivity index (χ0v) is 8.94. The molecule has 1 N–H and O–H groups in total. The Morgan fingerprint density at radius 1 is 1.54 bits per heavy atom. The second-order valence-corrected chi connectivity index (χ2v) is 3.04. The molecule has 0 aliphatic carbocycles. The highest BCUT2D eigenvalue weighted by Crippen LogP contribution is 1.91. The Morgan fingerprint density at radius 2 is 2.31 bits per heavy atom. The zero-order chi connectivity index (χ0) is 9.94. The minimum atomic E-state index is 0.739. The van der Waals surface area contributed by atoms with Gasteiger partial charge in [-0.05, 0) is 18.9 Å². The van der Waals surface area contributed by atoms with Crippen LogP contribution in [0.1, 0.15) is 13.3 Å². The van der Waals surface area contributed by atoms with Crippen molar-refractivity contribution in [2.24, 2.45) is 0 Å². The Morgan fingerprint density at radius 3 is 2.92 bits per heavy atom. The molecule has 2 nitrogen and oxygen atoms in total. The number of nitrogens with one attached hydrogen (secondary N) is 1. The first-order valence-corrected chi connectivity index (χ1v) is 4.90. The average Bonchev–Trinajstić information content (AvgIpc) is 2.16. The first-order valence-electron chi connectivity index (χ1n) is 4.46. The highest BCUT2D eigenvalue weighted by atomic mass is 35.5. The van der Waals surface area contributed by atoms with E-state index in [-0.39, 0.29) is 0 Å². The number of hydrogen-bond acceptors (Lipinski definition) is 2. The van der Waals surface area contributed by atoms with Crippen molar-refractivity contribution in [1.29, 1.82) is 0 Å². The monoisotopic (exact) mass is 203 g/mol. The lowest BCUT2D eigenvalue weighted by Gasteiger charge is -2.04. The molecule has 0 spiro atoms. The summed E-state index contributed by atoms with van der Waals surface area (Å²) in [5.41, 5.74) is 2.72. The summed E-state index contributed by atoms with van der Waals surface area (Å²) in [7, 11) is 0. The van der Waals surface area contributed by atoms with Gasteiger partial charge in [0, 0.05) is 18.6 Å². The topological polar surface area (TPSA) is 21.3 Å². The van der Waals surface area contributed by atoms with Crippen molar-refractivity contribution in [1.82, 2.24) is 5.32 Å². The third-order valence-electron chi connectivity index (χ3n) is 1.48. The van der Waals surface area contributed by atoms with E-state index >= 15 is 0 Å². The summed E-state index contributed by atoms with van der Waals surface area (Å²) in [5, 5.41) is 3.21. The molecule has 0 aliphatic rings. The number of hydrogen-bond donors (Lipinski definition) is 1. The third kappa shape index (κ3) is 9.61. The fraction of sp³-hybridized carbons (Fsp3) is 0.600. The van der Waals surface area contributed by atoms with Crippen LogP contribution in [0.25, 0.3) is 0 Å². The lowest BCUT2D eigenvalue weighted by molar-refractivity contribution is 0.141. The standard InChI is InChI=1S/C10H18ClNO/c1-3-4-6-13-7-5-12-9-10(2)8-11/h3,8,12H,1,4-7,9H2,2H3/b10-8-. The fourth-order valence-electron chi connectivity index (χ4n) is 0.737.